The van der Waals surface area contributed by atoms with E-state index < -0.39 is 0 Å². The predicted octanol–water partition coefficient (Wildman–Crippen LogP) is 14.4. The topological polar surface area (TPSA) is 16.4 Å². The van der Waals surface area contributed by atoms with Crippen LogP contribution in [0.4, 0.5) is 17.1 Å². The van der Waals surface area contributed by atoms with Crippen LogP contribution in [-0.4, -0.2) is 0 Å². The van der Waals surface area contributed by atoms with Crippen LogP contribution in [0.3, 0.4) is 0 Å². The molecule has 2 heteroatoms. The summed E-state index contributed by atoms with van der Waals surface area (Å²) in [6.07, 6.45) is 0. The van der Waals surface area contributed by atoms with Gasteiger partial charge in [-0.15, -0.1) is 0 Å². The van der Waals surface area contributed by atoms with Crippen LogP contribution in [0, 0.1) is 0 Å². The summed E-state index contributed by atoms with van der Waals surface area (Å²) >= 11 is 0. The van der Waals surface area contributed by atoms with Gasteiger partial charge in [-0.3, -0.25) is 0 Å². The molecule has 0 saturated carbocycles. The summed E-state index contributed by atoms with van der Waals surface area (Å²) in [5, 5.41) is 7.19. The number of benzene rings is 9. The van der Waals surface area contributed by atoms with E-state index in [4.69, 9.17) is 4.42 Å². The van der Waals surface area contributed by atoms with Crippen molar-refractivity contribution < 1.29 is 4.42 Å². The molecule has 244 valence electrons. The van der Waals surface area contributed by atoms with Crippen molar-refractivity contribution in [3.63, 3.8) is 0 Å². The van der Waals surface area contributed by atoms with Gasteiger partial charge in [-0.2, -0.15) is 0 Å². The van der Waals surface area contributed by atoms with Crippen molar-refractivity contribution in [2.75, 3.05) is 4.90 Å². The van der Waals surface area contributed by atoms with Crippen LogP contribution in [0.1, 0.15) is 0 Å². The van der Waals surface area contributed by atoms with Gasteiger partial charge in [0, 0.05) is 27.8 Å². The quantitative estimate of drug-likeness (QED) is 0.176. The Labute approximate surface area is 302 Å². The molecule has 0 saturated heterocycles. The van der Waals surface area contributed by atoms with Crippen LogP contribution in [0.5, 0.6) is 0 Å². The summed E-state index contributed by atoms with van der Waals surface area (Å²) in [5.41, 5.74) is 12.4. The lowest BCUT2D eigenvalue weighted by molar-refractivity contribution is 0.669. The maximum absolute atomic E-state index is 6.19. The summed E-state index contributed by atoms with van der Waals surface area (Å²) in [4.78, 5) is 2.33. The minimum Gasteiger partial charge on any atom is -0.456 e. The predicted molar refractivity (Wildman–Crippen MR) is 220 cm³/mol. The maximum Gasteiger partial charge on any atom is 0.136 e. The van der Waals surface area contributed by atoms with Crippen molar-refractivity contribution in [3.8, 4) is 33.4 Å². The summed E-state index contributed by atoms with van der Waals surface area (Å²) in [6, 6.07) is 71.8. The van der Waals surface area contributed by atoms with Gasteiger partial charge in [0.2, 0.25) is 0 Å². The average molecular weight is 664 g/mol. The fourth-order valence-corrected chi connectivity index (χ4v) is 7.62. The molecule has 1 heterocycles. The molecule has 0 aliphatic rings. The fraction of sp³-hybridized carbons (Fsp3) is 0. The third kappa shape index (κ3) is 5.30. The lowest BCUT2D eigenvalue weighted by Gasteiger charge is -2.26. The van der Waals surface area contributed by atoms with Gasteiger partial charge in [-0.05, 0) is 122 Å². The van der Waals surface area contributed by atoms with Gasteiger partial charge < -0.3 is 9.32 Å². The molecule has 10 rings (SSSR count). The fourth-order valence-electron chi connectivity index (χ4n) is 7.62. The number of anilines is 3. The van der Waals surface area contributed by atoms with E-state index in [9.17, 15) is 0 Å². The molecule has 0 amide bonds. The molecule has 1 aromatic heterocycles. The number of hydrogen-bond donors (Lipinski definition) is 0. The van der Waals surface area contributed by atoms with Crippen molar-refractivity contribution in [1.29, 1.82) is 0 Å². The average Bonchev–Trinajstić information content (AvgIpc) is 3.60. The van der Waals surface area contributed by atoms with E-state index >= 15 is 0 Å². The molecule has 0 radical (unpaired) electrons. The zero-order chi connectivity index (χ0) is 34.4. The van der Waals surface area contributed by atoms with Gasteiger partial charge in [-0.25, -0.2) is 0 Å². The Hall–Kier alpha value is -6.90. The Morgan fingerprint density at radius 1 is 0.308 bits per heavy atom. The molecular formula is C50H33NO. The number of furan rings is 1. The van der Waals surface area contributed by atoms with Crippen LogP contribution >= 0.6 is 0 Å². The first-order valence-electron chi connectivity index (χ1n) is 17.7. The van der Waals surface area contributed by atoms with Crippen molar-refractivity contribution in [3.05, 3.63) is 200 Å². The first kappa shape index (κ1) is 30.0. The molecule has 0 N–H and O–H groups in total. The smallest absolute Gasteiger partial charge is 0.136 e. The zero-order valence-electron chi connectivity index (χ0n) is 28.4. The monoisotopic (exact) mass is 663 g/mol. The summed E-state index contributed by atoms with van der Waals surface area (Å²) in [5.74, 6) is 0. The second-order valence-electron chi connectivity index (χ2n) is 13.4. The Kier molecular flexibility index (Phi) is 7.18. The summed E-state index contributed by atoms with van der Waals surface area (Å²) in [7, 11) is 0. The summed E-state index contributed by atoms with van der Waals surface area (Å²) < 4.78 is 6.19. The number of hydrogen-bond acceptors (Lipinski definition) is 2. The Bertz CT molecular complexity index is 2890. The molecule has 52 heavy (non-hydrogen) atoms. The first-order chi connectivity index (χ1) is 25.7. The summed E-state index contributed by atoms with van der Waals surface area (Å²) in [6.45, 7) is 0. The largest absolute Gasteiger partial charge is 0.456 e. The highest BCUT2D eigenvalue weighted by Crippen LogP contribution is 2.40. The van der Waals surface area contributed by atoms with Crippen LogP contribution < -0.4 is 4.90 Å². The van der Waals surface area contributed by atoms with Crippen molar-refractivity contribution >= 4 is 60.5 Å². The highest BCUT2D eigenvalue weighted by atomic mass is 16.3. The van der Waals surface area contributed by atoms with Gasteiger partial charge >= 0.3 is 0 Å². The second-order valence-corrected chi connectivity index (χ2v) is 13.4. The standard InChI is InChI=1S/C50H33NO/c1-3-10-34(11-4-1)37-20-18-35-19-21-39(32-42(35)31-37)38-22-23-41-33-45(29-26-40(41)30-38)51(43-12-5-2-6-13-43)44-27-24-36(25-28-44)46-15-9-17-49-50(46)47-14-7-8-16-48(47)52-49/h1-33H. The lowest BCUT2D eigenvalue weighted by atomic mass is 9.96. The molecule has 0 fully saturated rings. The van der Waals surface area contributed by atoms with Crippen LogP contribution in [0.15, 0.2) is 205 Å². The highest BCUT2D eigenvalue weighted by molar-refractivity contribution is 6.12. The Balaban J connectivity index is 1.00. The molecule has 0 aliphatic carbocycles. The molecule has 0 aliphatic heterocycles. The molecule has 0 atom stereocenters. The molecule has 2 nitrogen and oxygen atoms in total. The van der Waals surface area contributed by atoms with Crippen LogP contribution in [0.25, 0.3) is 76.9 Å². The van der Waals surface area contributed by atoms with Crippen molar-refractivity contribution in [1.82, 2.24) is 0 Å². The van der Waals surface area contributed by atoms with E-state index in [2.05, 4.69) is 193 Å². The van der Waals surface area contributed by atoms with Crippen molar-refractivity contribution in [2.45, 2.75) is 0 Å². The maximum atomic E-state index is 6.19. The van der Waals surface area contributed by atoms with Gasteiger partial charge in [0.25, 0.3) is 0 Å². The Morgan fingerprint density at radius 3 is 1.62 bits per heavy atom. The molecule has 9 aromatic carbocycles. The first-order valence-corrected chi connectivity index (χ1v) is 17.7. The lowest BCUT2D eigenvalue weighted by Crippen LogP contribution is -2.09. The van der Waals surface area contributed by atoms with E-state index in [1.54, 1.807) is 0 Å². The molecule has 0 spiro atoms. The van der Waals surface area contributed by atoms with E-state index in [-0.39, 0.29) is 0 Å². The van der Waals surface area contributed by atoms with E-state index in [0.717, 1.165) is 44.6 Å². The van der Waals surface area contributed by atoms with Gasteiger partial charge in [0.15, 0.2) is 0 Å². The second kappa shape index (κ2) is 12.5. The van der Waals surface area contributed by atoms with Crippen molar-refractivity contribution in [2.24, 2.45) is 0 Å². The SMILES string of the molecule is c1ccc(-c2ccc3ccc(-c4ccc5cc(N(c6ccccc6)c6ccc(-c7cccc8oc9ccccc9c78)cc6)ccc5c4)cc3c2)cc1. The molecule has 0 bridgehead atoms. The third-order valence-electron chi connectivity index (χ3n) is 10.2. The van der Waals surface area contributed by atoms with Gasteiger partial charge in [-0.1, -0.05) is 133 Å². The number of para-hydroxylation sites is 2. The number of fused-ring (bicyclic) bond motifs is 5. The van der Waals surface area contributed by atoms with Crippen LogP contribution in [0.2, 0.25) is 0 Å². The minimum absolute atomic E-state index is 0.908. The van der Waals surface area contributed by atoms with Crippen LogP contribution in [-0.2, 0) is 0 Å². The van der Waals surface area contributed by atoms with E-state index in [1.165, 1.54) is 49.4 Å². The zero-order valence-corrected chi connectivity index (χ0v) is 28.4. The molecular weight excluding hydrogens is 631 g/mol. The van der Waals surface area contributed by atoms with Gasteiger partial charge in [0.05, 0.1) is 0 Å². The molecule has 10 aromatic rings. The highest BCUT2D eigenvalue weighted by Gasteiger charge is 2.16. The minimum atomic E-state index is 0.908. The normalized spacial score (nSPS) is 11.5. The number of nitrogens with zero attached hydrogens (tertiary/aromatic N) is 1. The number of rotatable bonds is 6. The van der Waals surface area contributed by atoms with E-state index in [0.29, 0.717) is 0 Å². The molecule has 0 unspecified atom stereocenters. The van der Waals surface area contributed by atoms with E-state index in [1.807, 2.05) is 12.1 Å². The Morgan fingerprint density at radius 2 is 0.846 bits per heavy atom. The third-order valence-corrected chi connectivity index (χ3v) is 10.2. The van der Waals surface area contributed by atoms with Gasteiger partial charge in [0.1, 0.15) is 11.2 Å².